The Balaban J connectivity index is 2.07. The van der Waals surface area contributed by atoms with Gasteiger partial charge < -0.3 is 15.2 Å². The molecule has 1 heterocycles. The van der Waals surface area contributed by atoms with E-state index in [0.29, 0.717) is 18.8 Å². The monoisotopic (exact) mass is 249 g/mol. The molecule has 2 N–H and O–H groups in total. The fourth-order valence-corrected chi connectivity index (χ4v) is 2.02. The summed E-state index contributed by atoms with van der Waals surface area (Å²) >= 11 is 0. The van der Waals surface area contributed by atoms with E-state index in [0.717, 1.165) is 5.75 Å². The topological polar surface area (TPSA) is 61.5 Å². The molecular formula is C14H19NO3. The number of rotatable bonds is 4. The summed E-state index contributed by atoms with van der Waals surface area (Å²) in [6.45, 7) is 4.82. The van der Waals surface area contributed by atoms with E-state index in [2.05, 4.69) is 0 Å². The van der Waals surface area contributed by atoms with Crippen LogP contribution in [-0.4, -0.2) is 31.1 Å². The third-order valence-electron chi connectivity index (χ3n) is 2.97. The minimum atomic E-state index is -0.220. The van der Waals surface area contributed by atoms with E-state index in [1.807, 2.05) is 26.0 Å². The summed E-state index contributed by atoms with van der Waals surface area (Å²) in [7, 11) is 0. The average Bonchev–Trinajstić information content (AvgIpc) is 2.75. The molecule has 0 saturated carbocycles. The number of carbonyl (C=O) groups is 1. The normalized spacial score (nSPS) is 23.3. The van der Waals surface area contributed by atoms with Crippen molar-refractivity contribution in [3.05, 3.63) is 29.8 Å². The largest absolute Gasteiger partial charge is 0.491 e. The van der Waals surface area contributed by atoms with E-state index in [-0.39, 0.29) is 23.8 Å². The van der Waals surface area contributed by atoms with Crippen molar-refractivity contribution in [2.45, 2.75) is 26.0 Å². The quantitative estimate of drug-likeness (QED) is 0.824. The highest BCUT2D eigenvalue weighted by Gasteiger charge is 2.31. The van der Waals surface area contributed by atoms with E-state index < -0.39 is 0 Å². The molecule has 0 spiro atoms. The van der Waals surface area contributed by atoms with Gasteiger partial charge in [-0.3, -0.25) is 4.79 Å². The van der Waals surface area contributed by atoms with Gasteiger partial charge in [-0.25, -0.2) is 0 Å². The highest BCUT2D eigenvalue weighted by Crippen LogP contribution is 2.20. The van der Waals surface area contributed by atoms with Gasteiger partial charge in [0.15, 0.2) is 5.78 Å². The summed E-state index contributed by atoms with van der Waals surface area (Å²) in [6, 6.07) is 7.00. The van der Waals surface area contributed by atoms with Gasteiger partial charge in [-0.15, -0.1) is 0 Å². The third-order valence-corrected chi connectivity index (χ3v) is 2.97. The van der Waals surface area contributed by atoms with E-state index in [1.54, 1.807) is 12.1 Å². The number of carbonyl (C=O) groups excluding carboxylic acids is 1. The molecule has 2 atom stereocenters. The lowest BCUT2D eigenvalue weighted by atomic mass is 9.94. The second-order valence-corrected chi connectivity index (χ2v) is 4.86. The van der Waals surface area contributed by atoms with Crippen molar-refractivity contribution in [2.24, 2.45) is 11.7 Å². The molecule has 1 aliphatic heterocycles. The molecule has 4 heteroatoms. The van der Waals surface area contributed by atoms with Crippen LogP contribution in [0.3, 0.4) is 0 Å². The Morgan fingerprint density at radius 2 is 2.00 bits per heavy atom. The number of ketones is 1. The number of hydrogen-bond acceptors (Lipinski definition) is 4. The van der Waals surface area contributed by atoms with Crippen LogP contribution in [0.25, 0.3) is 0 Å². The van der Waals surface area contributed by atoms with E-state index in [1.165, 1.54) is 0 Å². The van der Waals surface area contributed by atoms with Crippen LogP contribution >= 0.6 is 0 Å². The molecule has 1 fully saturated rings. The molecule has 1 aromatic rings. The minimum Gasteiger partial charge on any atom is -0.491 e. The lowest BCUT2D eigenvalue weighted by molar-refractivity contribution is 0.0896. The maximum atomic E-state index is 12.2. The molecule has 2 unspecified atom stereocenters. The summed E-state index contributed by atoms with van der Waals surface area (Å²) in [5.41, 5.74) is 6.51. The first-order chi connectivity index (χ1) is 8.58. The zero-order chi connectivity index (χ0) is 13.1. The van der Waals surface area contributed by atoms with Crippen molar-refractivity contribution >= 4 is 5.78 Å². The first-order valence-electron chi connectivity index (χ1n) is 6.22. The van der Waals surface area contributed by atoms with Crippen LogP contribution in [0.15, 0.2) is 24.3 Å². The number of hydrogen-bond donors (Lipinski definition) is 1. The smallest absolute Gasteiger partial charge is 0.169 e. The van der Waals surface area contributed by atoms with E-state index >= 15 is 0 Å². The second kappa shape index (κ2) is 5.50. The SMILES string of the molecule is CC(C)Oc1ccc(C(=O)C2COCC2N)cc1. The Bertz CT molecular complexity index is 414. The summed E-state index contributed by atoms with van der Waals surface area (Å²) < 4.78 is 10.8. The maximum Gasteiger partial charge on any atom is 0.169 e. The van der Waals surface area contributed by atoms with Crippen LogP contribution in [0, 0.1) is 5.92 Å². The molecule has 2 rings (SSSR count). The molecule has 0 aromatic heterocycles. The summed E-state index contributed by atoms with van der Waals surface area (Å²) in [5, 5.41) is 0. The molecule has 98 valence electrons. The van der Waals surface area contributed by atoms with Gasteiger partial charge in [0.2, 0.25) is 0 Å². The number of ether oxygens (including phenoxy) is 2. The van der Waals surface area contributed by atoms with Crippen LogP contribution in [-0.2, 0) is 4.74 Å². The average molecular weight is 249 g/mol. The van der Waals surface area contributed by atoms with Gasteiger partial charge in [-0.05, 0) is 38.1 Å². The molecule has 0 amide bonds. The predicted molar refractivity (Wildman–Crippen MR) is 68.8 cm³/mol. The van der Waals surface area contributed by atoms with Crippen molar-refractivity contribution in [1.29, 1.82) is 0 Å². The van der Waals surface area contributed by atoms with Gasteiger partial charge in [-0.1, -0.05) is 0 Å². The van der Waals surface area contributed by atoms with Gasteiger partial charge >= 0.3 is 0 Å². The zero-order valence-corrected chi connectivity index (χ0v) is 10.8. The molecule has 1 aromatic carbocycles. The molecule has 0 aliphatic carbocycles. The van der Waals surface area contributed by atoms with Crippen LogP contribution < -0.4 is 10.5 Å². The van der Waals surface area contributed by atoms with Gasteiger partial charge in [-0.2, -0.15) is 0 Å². The van der Waals surface area contributed by atoms with Crippen molar-refractivity contribution in [3.63, 3.8) is 0 Å². The summed E-state index contributed by atoms with van der Waals surface area (Å²) in [5.74, 6) is 0.603. The first kappa shape index (κ1) is 13.1. The van der Waals surface area contributed by atoms with Gasteiger partial charge in [0, 0.05) is 11.6 Å². The molecule has 1 saturated heterocycles. The Morgan fingerprint density at radius 3 is 2.50 bits per heavy atom. The molecule has 0 bridgehead atoms. The summed E-state index contributed by atoms with van der Waals surface area (Å²) in [6.07, 6.45) is 0.128. The molecular weight excluding hydrogens is 230 g/mol. The van der Waals surface area contributed by atoms with Gasteiger partial charge in [0.05, 0.1) is 25.2 Å². The van der Waals surface area contributed by atoms with Crippen LogP contribution in [0.2, 0.25) is 0 Å². The van der Waals surface area contributed by atoms with Crippen molar-refractivity contribution in [3.8, 4) is 5.75 Å². The molecule has 18 heavy (non-hydrogen) atoms. The Kier molecular flexibility index (Phi) is 3.99. The number of benzene rings is 1. The Labute approximate surface area is 107 Å². The summed E-state index contributed by atoms with van der Waals surface area (Å²) in [4.78, 5) is 12.2. The van der Waals surface area contributed by atoms with Gasteiger partial charge in [0.25, 0.3) is 0 Å². The van der Waals surface area contributed by atoms with E-state index in [4.69, 9.17) is 15.2 Å². The Hall–Kier alpha value is -1.39. The number of nitrogens with two attached hydrogens (primary N) is 1. The van der Waals surface area contributed by atoms with E-state index in [9.17, 15) is 4.79 Å². The Morgan fingerprint density at radius 1 is 1.33 bits per heavy atom. The highest BCUT2D eigenvalue weighted by atomic mass is 16.5. The molecule has 4 nitrogen and oxygen atoms in total. The van der Waals surface area contributed by atoms with Crippen LogP contribution in [0.1, 0.15) is 24.2 Å². The zero-order valence-electron chi connectivity index (χ0n) is 10.8. The standard InChI is InChI=1S/C14H19NO3/c1-9(2)18-11-5-3-10(4-6-11)14(16)12-7-17-8-13(12)15/h3-6,9,12-13H,7-8,15H2,1-2H3. The van der Waals surface area contributed by atoms with Crippen LogP contribution in [0.4, 0.5) is 0 Å². The molecule has 1 aliphatic rings. The lowest BCUT2D eigenvalue weighted by Gasteiger charge is -2.13. The van der Waals surface area contributed by atoms with Crippen LogP contribution in [0.5, 0.6) is 5.75 Å². The van der Waals surface area contributed by atoms with Gasteiger partial charge in [0.1, 0.15) is 5.75 Å². The second-order valence-electron chi connectivity index (χ2n) is 4.86. The minimum absolute atomic E-state index is 0.0519. The lowest BCUT2D eigenvalue weighted by Crippen LogP contribution is -2.34. The van der Waals surface area contributed by atoms with Crippen molar-refractivity contribution < 1.29 is 14.3 Å². The maximum absolute atomic E-state index is 12.2. The van der Waals surface area contributed by atoms with Crippen molar-refractivity contribution in [1.82, 2.24) is 0 Å². The first-order valence-corrected chi connectivity index (χ1v) is 6.22. The predicted octanol–water partition coefficient (Wildman–Crippen LogP) is 1.63. The highest BCUT2D eigenvalue weighted by molar-refractivity contribution is 5.98. The fourth-order valence-electron chi connectivity index (χ4n) is 2.02. The van der Waals surface area contributed by atoms with Crippen molar-refractivity contribution in [2.75, 3.05) is 13.2 Å². The third kappa shape index (κ3) is 2.89. The molecule has 0 radical (unpaired) electrons. The fraction of sp³-hybridized carbons (Fsp3) is 0.500. The number of Topliss-reactive ketones (excluding diaryl/α,β-unsaturated/α-hetero) is 1.